The van der Waals surface area contributed by atoms with Gasteiger partial charge >= 0.3 is 5.97 Å². The van der Waals surface area contributed by atoms with E-state index in [0.29, 0.717) is 29.4 Å². The molecule has 0 saturated carbocycles. The highest BCUT2D eigenvalue weighted by atomic mass is 32.2. The maximum Gasteiger partial charge on any atom is 0.341 e. The van der Waals surface area contributed by atoms with Crippen molar-refractivity contribution in [2.45, 2.75) is 41.4 Å². The van der Waals surface area contributed by atoms with Crippen LogP contribution in [0.4, 0.5) is 0 Å². The summed E-state index contributed by atoms with van der Waals surface area (Å²) in [5, 5.41) is 9.50. The molecule has 0 saturated heterocycles. The van der Waals surface area contributed by atoms with E-state index >= 15 is 0 Å². The Morgan fingerprint density at radius 3 is 2.83 bits per heavy atom. The standard InChI is InChI=1S/C20H20N4O3S3/c1-3-24-17(12-29-20-21-14-7-5-6-8-16(14)30-20)22-23-19(24)28-11-15-13(9-10-27-15)18(25)26-4-2/h5-10H,3-4,11-12H2,1-2H3. The van der Waals surface area contributed by atoms with Crippen LogP contribution in [-0.4, -0.2) is 32.3 Å². The van der Waals surface area contributed by atoms with Crippen molar-refractivity contribution in [3.05, 3.63) is 53.7 Å². The lowest BCUT2D eigenvalue weighted by molar-refractivity contribution is 0.0524. The summed E-state index contributed by atoms with van der Waals surface area (Å²) >= 11 is 4.84. The molecular weight excluding hydrogens is 440 g/mol. The van der Waals surface area contributed by atoms with Crippen LogP contribution in [0.3, 0.4) is 0 Å². The Morgan fingerprint density at radius 2 is 2.03 bits per heavy atom. The van der Waals surface area contributed by atoms with Gasteiger partial charge in [-0.05, 0) is 32.0 Å². The summed E-state index contributed by atoms with van der Waals surface area (Å²) < 4.78 is 14.8. The predicted octanol–water partition coefficient (Wildman–Crippen LogP) is 5.26. The fourth-order valence-electron chi connectivity index (χ4n) is 2.86. The molecule has 4 aromatic rings. The maximum absolute atomic E-state index is 12.0. The van der Waals surface area contributed by atoms with Gasteiger partial charge in [0, 0.05) is 6.54 Å². The number of carbonyl (C=O) groups excluding carboxylic acids is 1. The van der Waals surface area contributed by atoms with Gasteiger partial charge in [-0.1, -0.05) is 35.7 Å². The molecule has 7 nitrogen and oxygen atoms in total. The number of nitrogens with zero attached hydrogens (tertiary/aromatic N) is 4. The van der Waals surface area contributed by atoms with Crippen molar-refractivity contribution in [3.63, 3.8) is 0 Å². The number of ether oxygens (including phenoxy) is 1. The Hall–Kier alpha value is -2.30. The molecule has 1 aromatic carbocycles. The van der Waals surface area contributed by atoms with Gasteiger partial charge in [0.1, 0.15) is 17.1 Å². The van der Waals surface area contributed by atoms with Gasteiger partial charge in [-0.2, -0.15) is 0 Å². The van der Waals surface area contributed by atoms with E-state index in [4.69, 9.17) is 9.15 Å². The summed E-state index contributed by atoms with van der Waals surface area (Å²) in [7, 11) is 0. The molecule has 10 heteroatoms. The van der Waals surface area contributed by atoms with E-state index in [0.717, 1.165) is 27.4 Å². The number of benzene rings is 1. The molecule has 3 aromatic heterocycles. The lowest BCUT2D eigenvalue weighted by atomic mass is 10.3. The topological polar surface area (TPSA) is 83.0 Å². The third-order valence-electron chi connectivity index (χ3n) is 4.28. The number of carbonyl (C=O) groups is 1. The molecule has 0 bridgehead atoms. The number of hydrogen-bond acceptors (Lipinski definition) is 9. The molecule has 0 radical (unpaired) electrons. The van der Waals surface area contributed by atoms with Crippen LogP contribution in [0.1, 0.15) is 35.8 Å². The van der Waals surface area contributed by atoms with Crippen LogP contribution in [0, 0.1) is 0 Å². The minimum atomic E-state index is -0.369. The molecule has 3 heterocycles. The first-order chi connectivity index (χ1) is 14.7. The monoisotopic (exact) mass is 460 g/mol. The van der Waals surface area contributed by atoms with E-state index < -0.39 is 0 Å². The van der Waals surface area contributed by atoms with E-state index in [9.17, 15) is 4.79 Å². The third-order valence-corrected chi connectivity index (χ3v) is 7.42. The summed E-state index contributed by atoms with van der Waals surface area (Å²) in [6.45, 7) is 4.94. The van der Waals surface area contributed by atoms with Crippen molar-refractivity contribution >= 4 is 51.0 Å². The predicted molar refractivity (Wildman–Crippen MR) is 119 cm³/mol. The number of hydrogen-bond donors (Lipinski definition) is 0. The van der Waals surface area contributed by atoms with E-state index in [1.165, 1.54) is 22.7 Å². The molecule has 0 aliphatic rings. The maximum atomic E-state index is 12.0. The van der Waals surface area contributed by atoms with Gasteiger partial charge in [0.25, 0.3) is 0 Å². The highest BCUT2D eigenvalue weighted by molar-refractivity contribution is 8.00. The minimum Gasteiger partial charge on any atom is -0.468 e. The minimum absolute atomic E-state index is 0.330. The molecule has 0 fully saturated rings. The van der Waals surface area contributed by atoms with E-state index in [1.54, 1.807) is 36.1 Å². The van der Waals surface area contributed by atoms with E-state index in [-0.39, 0.29) is 5.97 Å². The number of thioether (sulfide) groups is 2. The van der Waals surface area contributed by atoms with Gasteiger partial charge in [-0.25, -0.2) is 9.78 Å². The number of rotatable bonds is 9. The number of thiazole rings is 1. The Labute approximate surface area is 186 Å². The number of esters is 1. The molecule has 0 aliphatic carbocycles. The van der Waals surface area contributed by atoms with Gasteiger partial charge in [0.05, 0.1) is 34.6 Å². The lowest BCUT2D eigenvalue weighted by Crippen LogP contribution is -2.06. The van der Waals surface area contributed by atoms with Crippen LogP contribution in [-0.2, 0) is 22.8 Å². The first kappa shape index (κ1) is 21.0. The smallest absolute Gasteiger partial charge is 0.341 e. The molecule has 30 heavy (non-hydrogen) atoms. The fraction of sp³-hybridized carbons (Fsp3) is 0.300. The summed E-state index contributed by atoms with van der Waals surface area (Å²) in [6, 6.07) is 9.77. The normalized spacial score (nSPS) is 11.3. The zero-order chi connectivity index (χ0) is 20.9. The first-order valence-electron chi connectivity index (χ1n) is 9.46. The van der Waals surface area contributed by atoms with Crippen molar-refractivity contribution in [3.8, 4) is 0 Å². The SMILES string of the molecule is CCOC(=O)c1ccoc1CSc1nnc(CSc2nc3ccccc3s2)n1CC. The van der Waals surface area contributed by atoms with Gasteiger partial charge in [-0.3, -0.25) is 0 Å². The average Bonchev–Trinajstić information content (AvgIpc) is 3.47. The zero-order valence-corrected chi connectivity index (χ0v) is 19.0. The van der Waals surface area contributed by atoms with Crippen molar-refractivity contribution in [2.75, 3.05) is 6.61 Å². The number of para-hydroxylation sites is 1. The Balaban J connectivity index is 1.42. The highest BCUT2D eigenvalue weighted by Crippen LogP contribution is 2.32. The Morgan fingerprint density at radius 1 is 1.17 bits per heavy atom. The largest absolute Gasteiger partial charge is 0.468 e. The van der Waals surface area contributed by atoms with E-state index in [1.807, 2.05) is 18.2 Å². The summed E-state index contributed by atoms with van der Waals surface area (Å²) in [5.74, 6) is 2.27. The van der Waals surface area contributed by atoms with Crippen molar-refractivity contribution in [2.24, 2.45) is 0 Å². The van der Waals surface area contributed by atoms with Crippen molar-refractivity contribution in [1.82, 2.24) is 19.7 Å². The second-order valence-corrected chi connectivity index (χ2v) is 9.34. The van der Waals surface area contributed by atoms with Gasteiger partial charge in [-0.15, -0.1) is 21.5 Å². The van der Waals surface area contributed by atoms with Crippen LogP contribution >= 0.6 is 34.9 Å². The molecule has 0 aliphatic heterocycles. The lowest BCUT2D eigenvalue weighted by Gasteiger charge is -2.06. The number of aromatic nitrogens is 4. The number of furan rings is 1. The Kier molecular flexibility index (Phi) is 6.76. The fourth-order valence-corrected chi connectivity index (χ4v) is 5.84. The van der Waals surface area contributed by atoms with Crippen LogP contribution in [0.25, 0.3) is 10.2 Å². The molecule has 0 spiro atoms. The van der Waals surface area contributed by atoms with Crippen LogP contribution in [0.15, 0.2) is 50.5 Å². The second kappa shape index (κ2) is 9.67. The summed E-state index contributed by atoms with van der Waals surface area (Å²) in [6.07, 6.45) is 1.51. The van der Waals surface area contributed by atoms with E-state index in [2.05, 4.69) is 32.7 Å². The van der Waals surface area contributed by atoms with Crippen LogP contribution in [0.2, 0.25) is 0 Å². The highest BCUT2D eigenvalue weighted by Gasteiger charge is 2.18. The van der Waals surface area contributed by atoms with Crippen LogP contribution in [0.5, 0.6) is 0 Å². The van der Waals surface area contributed by atoms with Crippen molar-refractivity contribution < 1.29 is 13.9 Å². The summed E-state index contributed by atoms with van der Waals surface area (Å²) in [5.41, 5.74) is 1.48. The second-order valence-electron chi connectivity index (χ2n) is 6.15. The average molecular weight is 461 g/mol. The molecule has 4 rings (SSSR count). The zero-order valence-electron chi connectivity index (χ0n) is 16.5. The third kappa shape index (κ3) is 4.55. The Bertz CT molecular complexity index is 1120. The summed E-state index contributed by atoms with van der Waals surface area (Å²) in [4.78, 5) is 16.7. The van der Waals surface area contributed by atoms with Gasteiger partial charge in [0.15, 0.2) is 9.50 Å². The van der Waals surface area contributed by atoms with Gasteiger partial charge < -0.3 is 13.7 Å². The first-order valence-corrected chi connectivity index (χ1v) is 12.2. The molecule has 0 N–H and O–H groups in total. The molecule has 0 amide bonds. The molecule has 0 atom stereocenters. The molecule has 156 valence electrons. The van der Waals surface area contributed by atoms with Gasteiger partial charge in [0.2, 0.25) is 0 Å². The molecular formula is C20H20N4O3S3. The quantitative estimate of drug-likeness (QED) is 0.247. The number of fused-ring (bicyclic) bond motifs is 1. The molecule has 0 unspecified atom stereocenters. The van der Waals surface area contributed by atoms with Crippen molar-refractivity contribution in [1.29, 1.82) is 0 Å². The van der Waals surface area contributed by atoms with Crippen LogP contribution < -0.4 is 0 Å².